The molecule has 3 aromatic rings. The van der Waals surface area contributed by atoms with Crippen molar-refractivity contribution in [2.75, 3.05) is 23.3 Å². The molecule has 1 saturated heterocycles. The van der Waals surface area contributed by atoms with Crippen LogP contribution in [0.1, 0.15) is 28.8 Å². The number of sulfone groups is 1. The fourth-order valence-electron chi connectivity index (χ4n) is 3.54. The highest BCUT2D eigenvalue weighted by atomic mass is 32.2. The number of carbonyl (C=O) groups is 1. The molecule has 154 valence electrons. The van der Waals surface area contributed by atoms with Crippen LogP contribution >= 0.6 is 0 Å². The zero-order valence-electron chi connectivity index (χ0n) is 16.5. The lowest BCUT2D eigenvalue weighted by Crippen LogP contribution is -2.18. The van der Waals surface area contributed by atoms with Gasteiger partial charge in [-0.15, -0.1) is 0 Å². The molecule has 0 bridgehead atoms. The number of carbonyl (C=O) groups excluding carboxylic acids is 1. The summed E-state index contributed by atoms with van der Waals surface area (Å²) in [5, 5.41) is 2.78. The maximum Gasteiger partial charge on any atom is 0.256 e. The molecule has 0 unspecified atom stereocenters. The maximum atomic E-state index is 12.6. The second-order valence-corrected chi connectivity index (χ2v) is 9.31. The fraction of sp³-hybridized carbons (Fsp3) is 0.217. The number of rotatable bonds is 6. The van der Waals surface area contributed by atoms with Gasteiger partial charge in [-0.1, -0.05) is 30.3 Å². The molecule has 0 saturated carbocycles. The summed E-state index contributed by atoms with van der Waals surface area (Å²) in [6.07, 6.45) is 4.15. The van der Waals surface area contributed by atoms with E-state index in [1.807, 2.05) is 6.07 Å². The van der Waals surface area contributed by atoms with Gasteiger partial charge in [-0.05, 0) is 54.8 Å². The van der Waals surface area contributed by atoms with Gasteiger partial charge in [0, 0.05) is 18.7 Å². The number of anilines is 2. The lowest BCUT2D eigenvalue weighted by atomic mass is 10.1. The predicted octanol–water partition coefficient (Wildman–Crippen LogP) is 3.91. The van der Waals surface area contributed by atoms with E-state index in [-0.39, 0.29) is 16.6 Å². The van der Waals surface area contributed by atoms with Crippen molar-refractivity contribution in [2.45, 2.75) is 23.5 Å². The molecule has 1 N–H and O–H groups in total. The standard InChI is InChI=1S/C23H23N3O3S/c27-23(25-22-12-11-20(16-24-22)26-13-4-5-14-26)19-8-6-7-18(15-19)17-30(28,29)21-9-2-1-3-10-21/h1-3,6-12,15-16H,4-5,13-14,17H2,(H,24,25,27). The van der Waals surface area contributed by atoms with E-state index in [2.05, 4.69) is 15.2 Å². The number of nitrogens with zero attached hydrogens (tertiary/aromatic N) is 2. The SMILES string of the molecule is O=C(Nc1ccc(N2CCCC2)cn1)c1cccc(CS(=O)(=O)c2ccccc2)c1. The summed E-state index contributed by atoms with van der Waals surface area (Å²) in [5.74, 6) is -0.0263. The number of hydrogen-bond donors (Lipinski definition) is 1. The summed E-state index contributed by atoms with van der Waals surface area (Å²) >= 11 is 0. The Hall–Kier alpha value is -3.19. The highest BCUT2D eigenvalue weighted by Gasteiger charge is 2.17. The molecular formula is C23H23N3O3S. The Morgan fingerprint density at radius 3 is 2.43 bits per heavy atom. The summed E-state index contributed by atoms with van der Waals surface area (Å²) in [6.45, 7) is 2.07. The van der Waals surface area contributed by atoms with Gasteiger partial charge in [0.05, 0.1) is 22.5 Å². The summed E-state index contributed by atoms with van der Waals surface area (Å²) in [7, 11) is -3.48. The topological polar surface area (TPSA) is 79.4 Å². The molecular weight excluding hydrogens is 398 g/mol. The smallest absolute Gasteiger partial charge is 0.256 e. The van der Waals surface area contributed by atoms with Crippen LogP contribution in [0.4, 0.5) is 11.5 Å². The second kappa shape index (κ2) is 8.67. The molecule has 1 amide bonds. The van der Waals surface area contributed by atoms with Crippen molar-refractivity contribution in [3.05, 3.63) is 84.1 Å². The van der Waals surface area contributed by atoms with Gasteiger partial charge in [0.1, 0.15) is 5.82 Å². The highest BCUT2D eigenvalue weighted by molar-refractivity contribution is 7.90. The molecule has 0 spiro atoms. The first-order valence-electron chi connectivity index (χ1n) is 9.90. The fourth-order valence-corrected chi connectivity index (χ4v) is 4.90. The quantitative estimate of drug-likeness (QED) is 0.653. The van der Waals surface area contributed by atoms with Gasteiger partial charge in [0.2, 0.25) is 0 Å². The Morgan fingerprint density at radius 1 is 0.967 bits per heavy atom. The molecule has 0 atom stereocenters. The molecule has 2 aromatic carbocycles. The monoisotopic (exact) mass is 421 g/mol. The molecule has 2 heterocycles. The van der Waals surface area contributed by atoms with E-state index in [9.17, 15) is 13.2 Å². The van der Waals surface area contributed by atoms with Gasteiger partial charge in [-0.3, -0.25) is 4.79 Å². The van der Waals surface area contributed by atoms with Crippen LogP contribution in [0.3, 0.4) is 0 Å². The minimum Gasteiger partial charge on any atom is -0.370 e. The maximum absolute atomic E-state index is 12.6. The van der Waals surface area contributed by atoms with E-state index in [0.717, 1.165) is 18.8 Å². The first-order chi connectivity index (χ1) is 14.5. The number of hydrogen-bond acceptors (Lipinski definition) is 5. The van der Waals surface area contributed by atoms with Crippen LogP contribution in [-0.4, -0.2) is 32.4 Å². The summed E-state index contributed by atoms with van der Waals surface area (Å²) in [4.78, 5) is 19.5. The molecule has 7 heteroatoms. The molecule has 1 fully saturated rings. The minimum atomic E-state index is -3.48. The van der Waals surface area contributed by atoms with E-state index in [0.29, 0.717) is 16.9 Å². The molecule has 1 aliphatic rings. The number of pyridine rings is 1. The van der Waals surface area contributed by atoms with Crippen molar-refractivity contribution in [3.63, 3.8) is 0 Å². The van der Waals surface area contributed by atoms with Crippen molar-refractivity contribution in [1.29, 1.82) is 0 Å². The van der Waals surface area contributed by atoms with E-state index in [1.54, 1.807) is 66.9 Å². The van der Waals surface area contributed by atoms with Crippen LogP contribution < -0.4 is 10.2 Å². The third-order valence-electron chi connectivity index (χ3n) is 5.11. The van der Waals surface area contributed by atoms with Gasteiger partial charge < -0.3 is 10.2 Å². The summed E-state index contributed by atoms with van der Waals surface area (Å²) in [5.41, 5.74) is 2.00. The molecule has 6 nitrogen and oxygen atoms in total. The Morgan fingerprint density at radius 2 is 1.73 bits per heavy atom. The van der Waals surface area contributed by atoms with Crippen LogP contribution in [-0.2, 0) is 15.6 Å². The van der Waals surface area contributed by atoms with Gasteiger partial charge in [0.25, 0.3) is 5.91 Å². The van der Waals surface area contributed by atoms with Crippen molar-refractivity contribution in [3.8, 4) is 0 Å². The van der Waals surface area contributed by atoms with Crippen LogP contribution in [0.2, 0.25) is 0 Å². The molecule has 30 heavy (non-hydrogen) atoms. The first kappa shape index (κ1) is 20.1. The zero-order valence-corrected chi connectivity index (χ0v) is 17.3. The normalized spacial score (nSPS) is 13.9. The molecule has 0 aliphatic carbocycles. The van der Waals surface area contributed by atoms with Crippen LogP contribution in [0.25, 0.3) is 0 Å². The third-order valence-corrected chi connectivity index (χ3v) is 6.81. The Labute approximate surface area is 176 Å². The zero-order chi connectivity index (χ0) is 21.0. The summed E-state index contributed by atoms with van der Waals surface area (Å²) < 4.78 is 25.2. The summed E-state index contributed by atoms with van der Waals surface area (Å²) in [6, 6.07) is 18.7. The van der Waals surface area contributed by atoms with Gasteiger partial charge >= 0.3 is 0 Å². The predicted molar refractivity (Wildman–Crippen MR) is 117 cm³/mol. The second-order valence-electron chi connectivity index (χ2n) is 7.32. The Kier molecular flexibility index (Phi) is 5.81. The average Bonchev–Trinajstić information content (AvgIpc) is 3.30. The number of amides is 1. The Bertz CT molecular complexity index is 1120. The van der Waals surface area contributed by atoms with Crippen LogP contribution in [0.5, 0.6) is 0 Å². The first-order valence-corrected chi connectivity index (χ1v) is 11.6. The molecule has 4 rings (SSSR count). The largest absolute Gasteiger partial charge is 0.370 e. The number of aromatic nitrogens is 1. The van der Waals surface area contributed by atoms with Gasteiger partial charge in [-0.25, -0.2) is 13.4 Å². The molecule has 1 aliphatic heterocycles. The van der Waals surface area contributed by atoms with E-state index in [1.165, 1.54) is 12.8 Å². The van der Waals surface area contributed by atoms with Crippen molar-refractivity contribution in [2.24, 2.45) is 0 Å². The molecule has 1 aromatic heterocycles. The van der Waals surface area contributed by atoms with Crippen molar-refractivity contribution < 1.29 is 13.2 Å². The number of nitrogens with one attached hydrogen (secondary N) is 1. The van der Waals surface area contributed by atoms with E-state index < -0.39 is 9.84 Å². The van der Waals surface area contributed by atoms with E-state index in [4.69, 9.17) is 0 Å². The van der Waals surface area contributed by atoms with Gasteiger partial charge in [0.15, 0.2) is 9.84 Å². The minimum absolute atomic E-state index is 0.166. The van der Waals surface area contributed by atoms with Gasteiger partial charge in [-0.2, -0.15) is 0 Å². The van der Waals surface area contributed by atoms with E-state index >= 15 is 0 Å². The third kappa shape index (κ3) is 4.68. The van der Waals surface area contributed by atoms with Crippen LogP contribution in [0, 0.1) is 0 Å². The molecule has 0 radical (unpaired) electrons. The average molecular weight is 422 g/mol. The lowest BCUT2D eigenvalue weighted by molar-refractivity contribution is 0.102. The lowest BCUT2D eigenvalue weighted by Gasteiger charge is -2.17. The number of benzene rings is 2. The highest BCUT2D eigenvalue weighted by Crippen LogP contribution is 2.21. The van der Waals surface area contributed by atoms with Crippen LogP contribution in [0.15, 0.2) is 77.8 Å². The van der Waals surface area contributed by atoms with Crippen molar-refractivity contribution in [1.82, 2.24) is 4.98 Å². The Balaban J connectivity index is 1.45. The van der Waals surface area contributed by atoms with Crippen molar-refractivity contribution >= 4 is 27.2 Å².